The number of hydrogen-bond acceptors (Lipinski definition) is 12. The van der Waals surface area contributed by atoms with Crippen molar-refractivity contribution in [3.05, 3.63) is 177 Å². The van der Waals surface area contributed by atoms with Crippen molar-refractivity contribution < 1.29 is 34.4 Å². The van der Waals surface area contributed by atoms with Crippen LogP contribution in [0.2, 0.25) is 0 Å². The topological polar surface area (TPSA) is 180 Å². The normalized spacial score (nSPS) is 17.7. The van der Waals surface area contributed by atoms with Crippen LogP contribution in [-0.4, -0.2) is 120 Å². The number of pyridine rings is 1. The summed E-state index contributed by atoms with van der Waals surface area (Å²) < 4.78 is 11.7. The molecule has 4 saturated heterocycles. The van der Waals surface area contributed by atoms with Crippen molar-refractivity contribution in [1.29, 1.82) is 0 Å². The fourth-order valence-corrected chi connectivity index (χ4v) is 9.28. The summed E-state index contributed by atoms with van der Waals surface area (Å²) in [7, 11) is 1.96. The molecule has 2 bridgehead atoms. The Kier molecular flexibility index (Phi) is 18.9. The number of carboxylic acid groups (broad SMARTS) is 1. The van der Waals surface area contributed by atoms with E-state index < -0.39 is 6.10 Å². The third-order valence-corrected chi connectivity index (χ3v) is 13.2. The maximum Gasteiger partial charge on any atom is 0.338 e. The quantitative estimate of drug-likeness (QED) is 0.0420. The summed E-state index contributed by atoms with van der Waals surface area (Å²) in [6, 6.07) is 40.6. The third kappa shape index (κ3) is 14.8. The Bertz CT molecular complexity index is 2550. The number of aromatic nitrogens is 1. The summed E-state index contributed by atoms with van der Waals surface area (Å²) >= 11 is 0. The molecule has 4 fully saturated rings. The van der Waals surface area contributed by atoms with Crippen LogP contribution in [0.25, 0.3) is 10.9 Å². The number of aliphatic hydroxyl groups excluding tert-OH is 1. The number of benzene rings is 5. The second-order valence-electron chi connectivity index (χ2n) is 17.9. The van der Waals surface area contributed by atoms with Crippen LogP contribution in [0.15, 0.2) is 132 Å². The van der Waals surface area contributed by atoms with E-state index in [0.717, 1.165) is 61.1 Å². The zero-order valence-corrected chi connectivity index (χ0v) is 39.5. The maximum atomic E-state index is 12.8. The number of piperidine rings is 3. The predicted molar refractivity (Wildman–Crippen MR) is 268 cm³/mol. The van der Waals surface area contributed by atoms with Crippen molar-refractivity contribution in [3.63, 3.8) is 0 Å². The van der Waals surface area contributed by atoms with Gasteiger partial charge in [0.1, 0.15) is 24.7 Å². The first-order chi connectivity index (χ1) is 33.7. The Morgan fingerprint density at radius 2 is 1.43 bits per heavy atom. The van der Waals surface area contributed by atoms with Gasteiger partial charge in [0, 0.05) is 63.8 Å². The van der Waals surface area contributed by atoms with Crippen LogP contribution in [0, 0.1) is 5.92 Å². The van der Waals surface area contributed by atoms with E-state index in [2.05, 4.69) is 78.8 Å². The number of phenols is 1. The number of fused-ring (bicyclic) bond motifs is 4. The van der Waals surface area contributed by atoms with Crippen LogP contribution < -0.4 is 20.9 Å². The van der Waals surface area contributed by atoms with Crippen LogP contribution in [0.4, 0.5) is 0 Å². The number of H-pyrrole nitrogens is 1. The first-order valence-corrected chi connectivity index (χ1v) is 24.0. The van der Waals surface area contributed by atoms with Crippen LogP contribution in [0.3, 0.4) is 0 Å². The average molecular weight is 939 g/mol. The number of piperazine rings is 1. The smallest absolute Gasteiger partial charge is 0.338 e. The third-order valence-electron chi connectivity index (χ3n) is 13.2. The molecule has 2 unspecified atom stereocenters. The van der Waals surface area contributed by atoms with E-state index in [0.29, 0.717) is 54.9 Å². The summed E-state index contributed by atoms with van der Waals surface area (Å²) in [5, 5.41) is 35.2. The predicted octanol–water partition coefficient (Wildman–Crippen LogP) is 6.72. The number of carbonyl (C=O) groups excluding carboxylic acids is 1. The molecular formula is C55H66N6O8. The highest BCUT2D eigenvalue weighted by molar-refractivity contribution is 5.89. The van der Waals surface area contributed by atoms with Gasteiger partial charge < -0.3 is 45.3 Å². The second-order valence-corrected chi connectivity index (χ2v) is 17.9. The van der Waals surface area contributed by atoms with Gasteiger partial charge in [-0.3, -0.25) is 19.4 Å². The Hall–Kier alpha value is -6.39. The molecule has 5 heterocycles. The number of aliphatic hydroxyl groups is 1. The molecule has 0 saturated carbocycles. The van der Waals surface area contributed by atoms with E-state index in [1.54, 1.807) is 24.3 Å². The van der Waals surface area contributed by atoms with Gasteiger partial charge in [-0.1, -0.05) is 84.9 Å². The molecule has 6 aromatic rings. The highest BCUT2D eigenvalue weighted by Gasteiger charge is 2.24. The SMILES string of the molecule is C1CN2CCC1CC2.CNC(c1ccccc1)c1cccc(OCc2ccc(C(=O)OCCN3CCN(Cc4ccc(CNCC(O)c5ccc(O)c6[nH]c(=O)ccc56)cc4)CC3)cc2)c1.O=CO. The number of aromatic hydroxyl groups is 1. The lowest BCUT2D eigenvalue weighted by molar-refractivity contribution is -0.122. The van der Waals surface area contributed by atoms with E-state index in [1.807, 2.05) is 49.5 Å². The molecule has 6 N–H and O–H groups in total. The lowest BCUT2D eigenvalue weighted by Crippen LogP contribution is -2.46. The standard InChI is InChI=1S/C47H51N5O6.C7H13N.CH2O2/c1-48-45(36-6-3-2-4-7-36)38-8-5-9-39(28-38)58-32-35-14-16-37(17-15-35)47(56)57-27-26-51-22-24-52(25-23-51)31-34-12-10-33(11-13-34)29-49-30-43(54)40-18-20-42(53)46-41(40)19-21-44(55)50-46;1-4-8-5-2-7(1)3-6-8;2-1-3/h2-21,28,43,45,48-49,53-54H,22-27,29-32H2,1H3,(H,50,55);7H,1-6H2;1H,(H,2,3). The zero-order chi connectivity index (χ0) is 48.4. The Morgan fingerprint density at radius 3 is 2.09 bits per heavy atom. The fraction of sp³-hybridized carbons (Fsp3) is 0.364. The van der Waals surface area contributed by atoms with Crippen LogP contribution >= 0.6 is 0 Å². The van der Waals surface area contributed by atoms with E-state index in [-0.39, 0.29) is 29.8 Å². The summed E-state index contributed by atoms with van der Waals surface area (Å²) in [6.45, 7) is 10.8. The number of nitrogens with zero attached hydrogens (tertiary/aromatic N) is 3. The maximum absolute atomic E-state index is 12.8. The number of carbonyl (C=O) groups is 2. The lowest BCUT2D eigenvalue weighted by atomic mass is 9.89. The summed E-state index contributed by atoms with van der Waals surface area (Å²) in [6.07, 6.45) is 3.65. The molecule has 1 aromatic heterocycles. The Labute approximate surface area is 404 Å². The molecule has 14 nitrogen and oxygen atoms in total. The monoisotopic (exact) mass is 938 g/mol. The minimum atomic E-state index is -0.809. The summed E-state index contributed by atoms with van der Waals surface area (Å²) in [5.74, 6) is 1.55. The molecule has 5 aromatic carbocycles. The highest BCUT2D eigenvalue weighted by Crippen LogP contribution is 2.29. The zero-order valence-electron chi connectivity index (χ0n) is 39.5. The summed E-state index contributed by atoms with van der Waals surface area (Å²) in [5.41, 5.74) is 6.81. The van der Waals surface area contributed by atoms with E-state index in [1.165, 1.54) is 62.2 Å². The van der Waals surface area contributed by atoms with Gasteiger partial charge in [0.05, 0.1) is 23.2 Å². The Morgan fingerprint density at radius 1 is 0.783 bits per heavy atom. The first kappa shape index (κ1) is 50.5. The fourth-order valence-electron chi connectivity index (χ4n) is 9.28. The van der Waals surface area contributed by atoms with Gasteiger partial charge in [0.15, 0.2) is 0 Å². The molecule has 4 aliphatic heterocycles. The lowest BCUT2D eigenvalue weighted by Gasteiger charge is -2.38. The average Bonchev–Trinajstić information content (AvgIpc) is 3.39. The van der Waals surface area contributed by atoms with Crippen molar-refractivity contribution in [1.82, 2.24) is 30.3 Å². The van der Waals surface area contributed by atoms with Gasteiger partial charge in [-0.05, 0) is 122 Å². The largest absolute Gasteiger partial charge is 0.506 e. The van der Waals surface area contributed by atoms with E-state index in [4.69, 9.17) is 19.4 Å². The van der Waals surface area contributed by atoms with Crippen molar-refractivity contribution in [2.24, 2.45) is 5.92 Å². The number of esters is 1. The minimum Gasteiger partial charge on any atom is -0.506 e. The van der Waals surface area contributed by atoms with Crippen molar-refractivity contribution in [2.75, 3.05) is 72.6 Å². The molecule has 14 heteroatoms. The van der Waals surface area contributed by atoms with Crippen LogP contribution in [0.5, 0.6) is 11.5 Å². The van der Waals surface area contributed by atoms with Gasteiger partial charge >= 0.3 is 5.97 Å². The van der Waals surface area contributed by atoms with E-state index in [9.17, 15) is 19.8 Å². The van der Waals surface area contributed by atoms with Gasteiger partial charge in [-0.2, -0.15) is 0 Å². The van der Waals surface area contributed by atoms with Crippen LogP contribution in [-0.2, 0) is 29.2 Å². The number of rotatable bonds is 17. The molecule has 2 atom stereocenters. The van der Waals surface area contributed by atoms with E-state index >= 15 is 0 Å². The second kappa shape index (κ2) is 25.8. The van der Waals surface area contributed by atoms with Gasteiger partial charge in [-0.15, -0.1) is 0 Å². The van der Waals surface area contributed by atoms with Gasteiger partial charge in [0.25, 0.3) is 6.47 Å². The minimum absolute atomic E-state index is 0.0283. The van der Waals surface area contributed by atoms with Crippen molar-refractivity contribution in [3.8, 4) is 11.5 Å². The van der Waals surface area contributed by atoms with Crippen molar-refractivity contribution in [2.45, 2.75) is 51.1 Å². The number of nitrogens with one attached hydrogen (secondary N) is 3. The molecular weight excluding hydrogens is 873 g/mol. The van der Waals surface area contributed by atoms with Gasteiger partial charge in [-0.25, -0.2) is 4.79 Å². The molecule has 10 rings (SSSR count). The van der Waals surface area contributed by atoms with Crippen LogP contribution in [0.1, 0.15) is 75.1 Å². The molecule has 364 valence electrons. The number of aromatic amines is 1. The molecule has 0 aliphatic carbocycles. The number of ether oxygens (including phenoxy) is 2. The molecule has 0 amide bonds. The van der Waals surface area contributed by atoms with Gasteiger partial charge in [0.2, 0.25) is 5.56 Å². The molecule has 4 aliphatic rings. The number of hydrogen-bond donors (Lipinski definition) is 6. The molecule has 0 spiro atoms. The van der Waals surface area contributed by atoms with Crippen molar-refractivity contribution >= 4 is 23.3 Å². The Balaban J connectivity index is 0.000000562. The first-order valence-electron chi connectivity index (χ1n) is 24.0. The summed E-state index contributed by atoms with van der Waals surface area (Å²) in [4.78, 5) is 42.9. The molecule has 0 radical (unpaired) electrons. The number of phenolic OH excluding ortho intramolecular Hbond substituents is 1. The molecule has 69 heavy (non-hydrogen) atoms. The highest BCUT2D eigenvalue weighted by atomic mass is 16.5.